The summed E-state index contributed by atoms with van der Waals surface area (Å²) in [5.74, 6) is 0.691. The van der Waals surface area contributed by atoms with Crippen molar-refractivity contribution in [1.82, 2.24) is 9.62 Å². The minimum atomic E-state index is -3.47. The van der Waals surface area contributed by atoms with Gasteiger partial charge in [0.15, 0.2) is 6.61 Å². The van der Waals surface area contributed by atoms with Crippen molar-refractivity contribution in [2.75, 3.05) is 19.7 Å². The van der Waals surface area contributed by atoms with E-state index in [4.69, 9.17) is 4.74 Å². The maximum Gasteiger partial charge on any atom is 0.260 e. The second kappa shape index (κ2) is 8.63. The SMILES string of the molecule is Cc1cc(C)c(OCC(=O)N2CCC(NS(=O)(=O)c3cccs3)CC2)c(C)c1. The Labute approximate surface area is 170 Å². The molecule has 0 unspecified atom stereocenters. The summed E-state index contributed by atoms with van der Waals surface area (Å²) in [6, 6.07) is 7.24. The number of nitrogens with zero attached hydrogens (tertiary/aromatic N) is 1. The van der Waals surface area contributed by atoms with Gasteiger partial charge in [-0.05, 0) is 56.2 Å². The molecular formula is C20H26N2O4S2. The molecule has 1 aliphatic heterocycles. The van der Waals surface area contributed by atoms with Crippen LogP contribution in [0.1, 0.15) is 29.5 Å². The first-order valence-electron chi connectivity index (χ1n) is 9.30. The van der Waals surface area contributed by atoms with Gasteiger partial charge in [0, 0.05) is 19.1 Å². The Bertz CT molecular complexity index is 908. The highest BCUT2D eigenvalue weighted by Gasteiger charge is 2.27. The number of piperidine rings is 1. The van der Waals surface area contributed by atoms with Gasteiger partial charge in [0.05, 0.1) is 0 Å². The van der Waals surface area contributed by atoms with E-state index >= 15 is 0 Å². The van der Waals surface area contributed by atoms with Gasteiger partial charge in [-0.3, -0.25) is 4.79 Å². The molecule has 8 heteroatoms. The van der Waals surface area contributed by atoms with Crippen molar-refractivity contribution < 1.29 is 17.9 Å². The Morgan fingerprint density at radius 2 is 1.86 bits per heavy atom. The Kier molecular flexibility index (Phi) is 6.42. The molecule has 1 saturated heterocycles. The van der Waals surface area contributed by atoms with E-state index in [9.17, 15) is 13.2 Å². The zero-order valence-corrected chi connectivity index (χ0v) is 18.0. The van der Waals surface area contributed by atoms with Gasteiger partial charge in [0.25, 0.3) is 5.91 Å². The maximum atomic E-state index is 12.5. The van der Waals surface area contributed by atoms with E-state index in [2.05, 4.69) is 4.72 Å². The molecule has 1 aromatic heterocycles. The maximum absolute atomic E-state index is 12.5. The number of likely N-dealkylation sites (tertiary alicyclic amines) is 1. The molecule has 0 spiro atoms. The first-order valence-corrected chi connectivity index (χ1v) is 11.7. The number of rotatable bonds is 6. The van der Waals surface area contributed by atoms with Crippen LogP contribution >= 0.6 is 11.3 Å². The van der Waals surface area contributed by atoms with E-state index in [0.717, 1.165) is 16.9 Å². The molecule has 2 aromatic rings. The van der Waals surface area contributed by atoms with Gasteiger partial charge in [-0.2, -0.15) is 0 Å². The Hall–Kier alpha value is -1.90. The van der Waals surface area contributed by atoms with Crippen LogP contribution in [0.15, 0.2) is 33.9 Å². The number of ether oxygens (including phenoxy) is 1. The monoisotopic (exact) mass is 422 g/mol. The summed E-state index contributed by atoms with van der Waals surface area (Å²) in [7, 11) is -3.47. The Balaban J connectivity index is 1.50. The predicted octanol–water partition coefficient (Wildman–Crippen LogP) is 3.02. The largest absolute Gasteiger partial charge is 0.483 e. The third kappa shape index (κ3) is 4.92. The third-order valence-corrected chi connectivity index (χ3v) is 7.79. The standard InChI is InChI=1S/C20H26N2O4S2/c1-14-11-15(2)20(16(3)12-14)26-13-18(23)22-8-6-17(7-9-22)21-28(24,25)19-5-4-10-27-19/h4-5,10-12,17,21H,6-9,13H2,1-3H3. The number of sulfonamides is 1. The molecule has 1 aliphatic rings. The van der Waals surface area contributed by atoms with Gasteiger partial charge in [0.1, 0.15) is 9.96 Å². The normalized spacial score (nSPS) is 15.6. The molecule has 28 heavy (non-hydrogen) atoms. The van der Waals surface area contributed by atoms with Crippen molar-refractivity contribution >= 4 is 27.3 Å². The van der Waals surface area contributed by atoms with Crippen molar-refractivity contribution in [2.45, 2.75) is 43.9 Å². The first kappa shape index (κ1) is 20.8. The van der Waals surface area contributed by atoms with Crippen LogP contribution in [0.4, 0.5) is 0 Å². The second-order valence-corrected chi connectivity index (χ2v) is 10.1. The fourth-order valence-corrected chi connectivity index (χ4v) is 5.87. The van der Waals surface area contributed by atoms with E-state index in [0.29, 0.717) is 30.1 Å². The first-order chi connectivity index (χ1) is 13.3. The van der Waals surface area contributed by atoms with Crippen LogP contribution < -0.4 is 9.46 Å². The average Bonchev–Trinajstić information content (AvgIpc) is 3.16. The molecule has 2 heterocycles. The van der Waals surface area contributed by atoms with Gasteiger partial charge in [-0.25, -0.2) is 13.1 Å². The number of aryl methyl sites for hydroxylation is 3. The summed E-state index contributed by atoms with van der Waals surface area (Å²) < 4.78 is 33.5. The third-order valence-electron chi connectivity index (χ3n) is 4.87. The van der Waals surface area contributed by atoms with Crippen molar-refractivity contribution in [3.8, 4) is 5.75 Å². The van der Waals surface area contributed by atoms with E-state index in [-0.39, 0.29) is 18.6 Å². The van der Waals surface area contributed by atoms with Crippen molar-refractivity contribution in [3.05, 3.63) is 46.3 Å². The summed E-state index contributed by atoms with van der Waals surface area (Å²) in [6.45, 7) is 7.02. The molecule has 1 aromatic carbocycles. The van der Waals surface area contributed by atoms with Gasteiger partial charge in [-0.1, -0.05) is 23.8 Å². The van der Waals surface area contributed by atoms with Gasteiger partial charge < -0.3 is 9.64 Å². The summed E-state index contributed by atoms with van der Waals surface area (Å²) in [4.78, 5) is 14.2. The van der Waals surface area contributed by atoms with Crippen LogP contribution in [-0.2, 0) is 14.8 Å². The highest BCUT2D eigenvalue weighted by molar-refractivity contribution is 7.91. The second-order valence-electron chi connectivity index (χ2n) is 7.22. The van der Waals surface area contributed by atoms with E-state index in [1.54, 1.807) is 22.4 Å². The van der Waals surface area contributed by atoms with E-state index < -0.39 is 10.0 Å². The lowest BCUT2D eigenvalue weighted by atomic mass is 10.1. The molecule has 152 valence electrons. The van der Waals surface area contributed by atoms with Crippen molar-refractivity contribution in [1.29, 1.82) is 0 Å². The summed E-state index contributed by atoms with van der Waals surface area (Å²) in [5, 5.41) is 1.74. The zero-order chi connectivity index (χ0) is 20.3. The molecule has 1 amide bonds. The molecule has 0 atom stereocenters. The minimum absolute atomic E-state index is 0.00364. The van der Waals surface area contributed by atoms with Crippen LogP contribution in [0.2, 0.25) is 0 Å². The highest BCUT2D eigenvalue weighted by atomic mass is 32.2. The molecule has 0 aliphatic carbocycles. The topological polar surface area (TPSA) is 75.7 Å². The number of carbonyl (C=O) groups excluding carboxylic acids is 1. The molecule has 6 nitrogen and oxygen atoms in total. The number of carbonyl (C=O) groups is 1. The van der Waals surface area contributed by atoms with Crippen LogP contribution in [-0.4, -0.2) is 45.0 Å². The number of amides is 1. The quantitative estimate of drug-likeness (QED) is 0.776. The fraction of sp³-hybridized carbons (Fsp3) is 0.450. The Morgan fingerprint density at radius 3 is 2.43 bits per heavy atom. The van der Waals surface area contributed by atoms with Gasteiger partial charge >= 0.3 is 0 Å². The minimum Gasteiger partial charge on any atom is -0.483 e. The Morgan fingerprint density at radius 1 is 1.21 bits per heavy atom. The van der Waals surface area contributed by atoms with E-state index in [1.165, 1.54) is 16.9 Å². The lowest BCUT2D eigenvalue weighted by Gasteiger charge is -2.32. The zero-order valence-electron chi connectivity index (χ0n) is 16.4. The molecule has 0 saturated carbocycles. The smallest absolute Gasteiger partial charge is 0.260 e. The summed E-state index contributed by atoms with van der Waals surface area (Å²) >= 11 is 1.20. The molecular weight excluding hydrogens is 396 g/mol. The molecule has 0 bridgehead atoms. The van der Waals surface area contributed by atoms with Crippen molar-refractivity contribution in [3.63, 3.8) is 0 Å². The number of hydrogen-bond donors (Lipinski definition) is 1. The lowest BCUT2D eigenvalue weighted by molar-refractivity contribution is -0.134. The average molecular weight is 423 g/mol. The lowest BCUT2D eigenvalue weighted by Crippen LogP contribution is -2.47. The van der Waals surface area contributed by atoms with Crippen LogP contribution in [0.5, 0.6) is 5.75 Å². The predicted molar refractivity (Wildman–Crippen MR) is 110 cm³/mol. The fourth-order valence-electron chi connectivity index (χ4n) is 3.56. The van der Waals surface area contributed by atoms with Gasteiger partial charge in [-0.15, -0.1) is 11.3 Å². The van der Waals surface area contributed by atoms with Crippen LogP contribution in [0.25, 0.3) is 0 Å². The number of thiophene rings is 1. The summed E-state index contributed by atoms with van der Waals surface area (Å²) in [6.07, 6.45) is 1.19. The number of nitrogens with one attached hydrogen (secondary N) is 1. The molecule has 3 rings (SSSR count). The molecule has 1 N–H and O–H groups in total. The number of benzene rings is 1. The molecule has 1 fully saturated rings. The van der Waals surface area contributed by atoms with E-state index in [1.807, 2.05) is 32.9 Å². The van der Waals surface area contributed by atoms with Crippen LogP contribution in [0, 0.1) is 20.8 Å². The van der Waals surface area contributed by atoms with Gasteiger partial charge in [0.2, 0.25) is 10.0 Å². The van der Waals surface area contributed by atoms with Crippen molar-refractivity contribution in [2.24, 2.45) is 0 Å². The highest BCUT2D eigenvalue weighted by Crippen LogP contribution is 2.25. The molecule has 0 radical (unpaired) electrons. The summed E-state index contributed by atoms with van der Waals surface area (Å²) in [5.41, 5.74) is 3.21. The van der Waals surface area contributed by atoms with Crippen LogP contribution in [0.3, 0.4) is 0 Å². The number of hydrogen-bond acceptors (Lipinski definition) is 5.